The van der Waals surface area contributed by atoms with Gasteiger partial charge >= 0.3 is 5.97 Å². The normalized spacial score (nSPS) is 34.4. The van der Waals surface area contributed by atoms with Crippen LogP contribution in [-0.2, 0) is 9.53 Å². The van der Waals surface area contributed by atoms with Gasteiger partial charge in [0.1, 0.15) is 6.10 Å². The summed E-state index contributed by atoms with van der Waals surface area (Å²) in [5, 5.41) is 9.09. The molecule has 3 atom stereocenters. The van der Waals surface area contributed by atoms with Crippen molar-refractivity contribution in [3.05, 3.63) is 11.6 Å². The summed E-state index contributed by atoms with van der Waals surface area (Å²) in [5.74, 6) is 0.364. The van der Waals surface area contributed by atoms with Gasteiger partial charge in [-0.3, -0.25) is 4.79 Å². The Morgan fingerprint density at radius 3 is 3.00 bits per heavy atom. The summed E-state index contributed by atoms with van der Waals surface area (Å²) >= 11 is 0. The number of fused-ring (bicyclic) bond motifs is 1. The highest BCUT2D eigenvalue weighted by atomic mass is 16.5. The van der Waals surface area contributed by atoms with Gasteiger partial charge in [0.05, 0.1) is 0 Å². The van der Waals surface area contributed by atoms with Gasteiger partial charge in [0.2, 0.25) is 0 Å². The summed E-state index contributed by atoms with van der Waals surface area (Å²) in [4.78, 5) is 11.4. The molecule has 0 saturated heterocycles. The fourth-order valence-electron chi connectivity index (χ4n) is 4.03. The van der Waals surface area contributed by atoms with Crippen molar-refractivity contribution in [3.63, 3.8) is 0 Å². The van der Waals surface area contributed by atoms with Crippen molar-refractivity contribution in [3.8, 4) is 0 Å². The molecule has 1 fully saturated rings. The standard InChI is InChI=1S/C16H26O3/c1-12(18)19-15-10-4-8-13-6-3-7-14(9-5-11-17)16(13,15)2/h8,14-15,17H,3-7,9-11H2,1-2H3/t14-,15+,16+/m1/s1. The van der Waals surface area contributed by atoms with Gasteiger partial charge in [-0.15, -0.1) is 0 Å². The van der Waals surface area contributed by atoms with E-state index in [1.54, 1.807) is 0 Å². The monoisotopic (exact) mass is 266 g/mol. The number of esters is 1. The zero-order chi connectivity index (χ0) is 13.9. The average molecular weight is 266 g/mol. The first-order valence-corrected chi connectivity index (χ1v) is 7.56. The molecule has 0 bridgehead atoms. The smallest absolute Gasteiger partial charge is 0.302 e. The zero-order valence-electron chi connectivity index (χ0n) is 12.2. The van der Waals surface area contributed by atoms with Crippen molar-refractivity contribution < 1.29 is 14.6 Å². The highest BCUT2D eigenvalue weighted by molar-refractivity contribution is 5.66. The lowest BCUT2D eigenvalue weighted by Gasteiger charge is -2.50. The molecule has 0 unspecified atom stereocenters. The second-order valence-corrected chi connectivity index (χ2v) is 6.14. The van der Waals surface area contributed by atoms with Gasteiger partial charge in [-0.1, -0.05) is 18.6 Å². The summed E-state index contributed by atoms with van der Waals surface area (Å²) in [6, 6.07) is 0. The van der Waals surface area contributed by atoms with Crippen LogP contribution >= 0.6 is 0 Å². The van der Waals surface area contributed by atoms with Crippen molar-refractivity contribution in [2.45, 2.75) is 64.9 Å². The third kappa shape index (κ3) is 2.86. The fourth-order valence-corrected chi connectivity index (χ4v) is 4.03. The number of aliphatic hydroxyl groups excluding tert-OH is 1. The molecule has 1 N–H and O–H groups in total. The number of carbonyl (C=O) groups is 1. The maximum atomic E-state index is 11.4. The molecule has 0 aromatic heterocycles. The minimum Gasteiger partial charge on any atom is -0.462 e. The van der Waals surface area contributed by atoms with E-state index in [4.69, 9.17) is 9.84 Å². The number of ether oxygens (including phenoxy) is 1. The van der Waals surface area contributed by atoms with Crippen molar-refractivity contribution in [1.29, 1.82) is 0 Å². The highest BCUT2D eigenvalue weighted by Gasteiger charge is 2.48. The highest BCUT2D eigenvalue weighted by Crippen LogP contribution is 2.53. The lowest BCUT2D eigenvalue weighted by Crippen LogP contribution is -2.47. The van der Waals surface area contributed by atoms with Crippen LogP contribution in [0.25, 0.3) is 0 Å². The van der Waals surface area contributed by atoms with Crippen molar-refractivity contribution in [2.75, 3.05) is 6.61 Å². The number of allylic oxidation sites excluding steroid dienone is 1. The summed E-state index contributed by atoms with van der Waals surface area (Å²) in [6.07, 6.45) is 9.78. The molecule has 3 nitrogen and oxygen atoms in total. The molecular weight excluding hydrogens is 240 g/mol. The van der Waals surface area contributed by atoms with E-state index < -0.39 is 0 Å². The SMILES string of the molecule is CC(=O)O[C@H]1CCC=C2CCC[C@H](CCCO)[C@]21C. The Balaban J connectivity index is 2.22. The Hall–Kier alpha value is -0.830. The van der Waals surface area contributed by atoms with Gasteiger partial charge in [0, 0.05) is 18.9 Å². The van der Waals surface area contributed by atoms with E-state index in [-0.39, 0.29) is 24.1 Å². The molecule has 2 rings (SSSR count). The molecule has 0 heterocycles. The van der Waals surface area contributed by atoms with Crippen LogP contribution in [0.4, 0.5) is 0 Å². The van der Waals surface area contributed by atoms with Gasteiger partial charge < -0.3 is 9.84 Å². The Morgan fingerprint density at radius 1 is 1.53 bits per heavy atom. The lowest BCUT2D eigenvalue weighted by atomic mass is 9.57. The van der Waals surface area contributed by atoms with Gasteiger partial charge in [-0.2, -0.15) is 0 Å². The van der Waals surface area contributed by atoms with E-state index in [1.807, 2.05) is 0 Å². The van der Waals surface area contributed by atoms with Crippen LogP contribution in [0.3, 0.4) is 0 Å². The Morgan fingerprint density at radius 2 is 2.32 bits per heavy atom. The molecule has 0 radical (unpaired) electrons. The van der Waals surface area contributed by atoms with Gasteiger partial charge in [0.25, 0.3) is 0 Å². The number of rotatable bonds is 4. The molecule has 0 aromatic rings. The summed E-state index contributed by atoms with van der Waals surface area (Å²) < 4.78 is 5.63. The molecule has 0 spiro atoms. The number of hydrogen-bond acceptors (Lipinski definition) is 3. The second-order valence-electron chi connectivity index (χ2n) is 6.14. The number of carbonyl (C=O) groups excluding carboxylic acids is 1. The topological polar surface area (TPSA) is 46.5 Å². The van der Waals surface area contributed by atoms with Crippen LogP contribution in [0, 0.1) is 11.3 Å². The molecule has 2 aliphatic rings. The molecule has 1 saturated carbocycles. The summed E-state index contributed by atoms with van der Waals surface area (Å²) in [5.41, 5.74) is 1.48. The molecule has 19 heavy (non-hydrogen) atoms. The third-order valence-electron chi connectivity index (χ3n) is 5.05. The van der Waals surface area contributed by atoms with Crippen LogP contribution in [0.15, 0.2) is 11.6 Å². The van der Waals surface area contributed by atoms with Crippen molar-refractivity contribution >= 4 is 5.97 Å². The predicted octanol–water partition coefficient (Wildman–Crippen LogP) is 3.22. The summed E-state index contributed by atoms with van der Waals surface area (Å²) in [6.45, 7) is 4.03. The maximum Gasteiger partial charge on any atom is 0.302 e. The number of aliphatic hydroxyl groups is 1. The quantitative estimate of drug-likeness (QED) is 0.628. The molecule has 108 valence electrons. The first kappa shape index (κ1) is 14.6. The van der Waals surface area contributed by atoms with Crippen LogP contribution in [-0.4, -0.2) is 23.8 Å². The van der Waals surface area contributed by atoms with Crippen LogP contribution in [0.2, 0.25) is 0 Å². The minimum atomic E-state index is -0.168. The van der Waals surface area contributed by atoms with E-state index in [2.05, 4.69) is 13.0 Å². The largest absolute Gasteiger partial charge is 0.462 e. The van der Waals surface area contributed by atoms with E-state index in [0.29, 0.717) is 5.92 Å². The summed E-state index contributed by atoms with van der Waals surface area (Å²) in [7, 11) is 0. The Labute approximate surface area is 116 Å². The molecular formula is C16H26O3. The zero-order valence-corrected chi connectivity index (χ0v) is 12.2. The van der Waals surface area contributed by atoms with E-state index in [0.717, 1.165) is 32.1 Å². The van der Waals surface area contributed by atoms with Crippen molar-refractivity contribution in [2.24, 2.45) is 11.3 Å². The van der Waals surface area contributed by atoms with Crippen LogP contribution < -0.4 is 0 Å². The number of hydrogen-bond donors (Lipinski definition) is 1. The van der Waals surface area contributed by atoms with Gasteiger partial charge in [0.15, 0.2) is 0 Å². The second kappa shape index (κ2) is 6.08. The minimum absolute atomic E-state index is 0.00264. The van der Waals surface area contributed by atoms with Crippen LogP contribution in [0.5, 0.6) is 0 Å². The molecule has 0 amide bonds. The van der Waals surface area contributed by atoms with E-state index >= 15 is 0 Å². The fraction of sp³-hybridized carbons (Fsp3) is 0.812. The maximum absolute atomic E-state index is 11.4. The van der Waals surface area contributed by atoms with Crippen LogP contribution in [0.1, 0.15) is 58.8 Å². The molecule has 2 aliphatic carbocycles. The molecule has 0 aliphatic heterocycles. The first-order valence-electron chi connectivity index (χ1n) is 7.56. The van der Waals surface area contributed by atoms with Gasteiger partial charge in [-0.25, -0.2) is 0 Å². The first-order chi connectivity index (χ1) is 9.09. The van der Waals surface area contributed by atoms with Crippen molar-refractivity contribution in [1.82, 2.24) is 0 Å². The van der Waals surface area contributed by atoms with Gasteiger partial charge in [-0.05, 0) is 50.9 Å². The predicted molar refractivity (Wildman–Crippen MR) is 74.6 cm³/mol. The van der Waals surface area contributed by atoms with E-state index in [1.165, 1.54) is 25.3 Å². The Kier molecular flexibility index (Phi) is 4.67. The molecule has 3 heteroatoms. The lowest BCUT2D eigenvalue weighted by molar-refractivity contribution is -0.156. The Bertz CT molecular complexity index is 361. The molecule has 0 aromatic carbocycles. The third-order valence-corrected chi connectivity index (χ3v) is 5.05. The average Bonchev–Trinajstić information content (AvgIpc) is 2.37. The van der Waals surface area contributed by atoms with E-state index in [9.17, 15) is 4.79 Å².